The second kappa shape index (κ2) is 5.89. The summed E-state index contributed by atoms with van der Waals surface area (Å²) in [6.07, 6.45) is 6.31. The normalized spacial score (nSPS) is 23.4. The topological polar surface area (TPSA) is 59.6 Å². The molecule has 0 aromatic heterocycles. The lowest BCUT2D eigenvalue weighted by atomic mass is 9.87. The Morgan fingerprint density at radius 3 is 2.59 bits per heavy atom. The molecule has 1 aliphatic rings. The van der Waals surface area contributed by atoms with Gasteiger partial charge >= 0.3 is 6.09 Å². The molecule has 2 N–H and O–H groups in total. The van der Waals surface area contributed by atoms with Crippen molar-refractivity contribution in [2.75, 3.05) is 6.61 Å². The molecule has 0 heterocycles. The number of hydroxylamine groups is 1. The van der Waals surface area contributed by atoms with Crippen LogP contribution >= 0.6 is 0 Å². The summed E-state index contributed by atoms with van der Waals surface area (Å²) in [5.74, 6) is 2.37. The third-order valence-electron chi connectivity index (χ3n) is 2.26. The number of rotatable bonds is 4. The molecule has 17 heavy (non-hydrogen) atoms. The van der Waals surface area contributed by atoms with E-state index >= 15 is 0 Å². The van der Waals surface area contributed by atoms with Crippen LogP contribution in [-0.2, 0) is 9.57 Å². The second-order valence-corrected chi connectivity index (χ2v) is 5.12. The fourth-order valence-electron chi connectivity index (χ4n) is 1.51. The van der Waals surface area contributed by atoms with Crippen LogP contribution in [0.15, 0.2) is 0 Å². The van der Waals surface area contributed by atoms with E-state index in [-0.39, 0.29) is 24.8 Å². The van der Waals surface area contributed by atoms with E-state index in [1.807, 2.05) is 20.8 Å². The van der Waals surface area contributed by atoms with E-state index in [4.69, 9.17) is 16.0 Å². The first kappa shape index (κ1) is 13.8. The summed E-state index contributed by atoms with van der Waals surface area (Å²) in [5, 5.41) is 2.80. The number of terminal acetylenes is 1. The smallest absolute Gasteiger partial charge is 0.407 e. The largest absolute Gasteiger partial charge is 0.444 e. The summed E-state index contributed by atoms with van der Waals surface area (Å²) in [6, 6.07) is 0.403. The molecule has 0 aromatic rings. The van der Waals surface area contributed by atoms with Gasteiger partial charge in [0.1, 0.15) is 12.2 Å². The number of carbonyl (C=O) groups is 1. The Kier molecular flexibility index (Phi) is 4.79. The molecular weight excluding hydrogens is 220 g/mol. The average Bonchev–Trinajstić information content (AvgIpc) is 2.10. The SMILES string of the molecule is C#CCONC1CC(NC(=O)OC(C)(C)C)C1. The lowest BCUT2D eigenvalue weighted by Crippen LogP contribution is -2.53. The van der Waals surface area contributed by atoms with Gasteiger partial charge in [-0.05, 0) is 33.6 Å². The lowest BCUT2D eigenvalue weighted by molar-refractivity contribution is 0.00203. The molecule has 5 heteroatoms. The van der Waals surface area contributed by atoms with E-state index in [1.165, 1.54) is 0 Å². The van der Waals surface area contributed by atoms with Gasteiger partial charge in [-0.3, -0.25) is 4.84 Å². The van der Waals surface area contributed by atoms with Crippen molar-refractivity contribution in [3.63, 3.8) is 0 Å². The predicted molar refractivity (Wildman–Crippen MR) is 64.1 cm³/mol. The summed E-state index contributed by atoms with van der Waals surface area (Å²) in [4.78, 5) is 16.4. The van der Waals surface area contributed by atoms with Crippen molar-refractivity contribution >= 4 is 6.09 Å². The van der Waals surface area contributed by atoms with Gasteiger partial charge in [-0.25, -0.2) is 4.79 Å². The van der Waals surface area contributed by atoms with E-state index in [1.54, 1.807) is 0 Å². The van der Waals surface area contributed by atoms with E-state index in [0.29, 0.717) is 0 Å². The van der Waals surface area contributed by atoms with Crippen LogP contribution in [0.4, 0.5) is 4.79 Å². The summed E-state index contributed by atoms with van der Waals surface area (Å²) in [5.41, 5.74) is 2.38. The molecule has 1 saturated carbocycles. The minimum Gasteiger partial charge on any atom is -0.444 e. The highest BCUT2D eigenvalue weighted by Crippen LogP contribution is 2.20. The van der Waals surface area contributed by atoms with Crippen LogP contribution in [0.25, 0.3) is 0 Å². The molecule has 0 saturated heterocycles. The molecule has 1 rings (SSSR count). The van der Waals surface area contributed by atoms with Crippen LogP contribution in [0.1, 0.15) is 33.6 Å². The zero-order valence-corrected chi connectivity index (χ0v) is 10.6. The van der Waals surface area contributed by atoms with Crippen molar-refractivity contribution < 1.29 is 14.4 Å². The van der Waals surface area contributed by atoms with Gasteiger partial charge < -0.3 is 10.1 Å². The quantitative estimate of drug-likeness (QED) is 0.440. The van der Waals surface area contributed by atoms with E-state index in [2.05, 4.69) is 16.7 Å². The van der Waals surface area contributed by atoms with Gasteiger partial charge in [0.15, 0.2) is 0 Å². The van der Waals surface area contributed by atoms with E-state index < -0.39 is 5.60 Å². The molecule has 0 bridgehead atoms. The highest BCUT2D eigenvalue weighted by Gasteiger charge is 2.31. The minimum absolute atomic E-state index is 0.150. The third kappa shape index (κ3) is 5.57. The van der Waals surface area contributed by atoms with Crippen molar-refractivity contribution in [2.24, 2.45) is 0 Å². The van der Waals surface area contributed by atoms with Gasteiger partial charge in [0, 0.05) is 12.1 Å². The van der Waals surface area contributed by atoms with Gasteiger partial charge in [0.2, 0.25) is 0 Å². The molecule has 96 valence electrons. The molecule has 5 nitrogen and oxygen atoms in total. The van der Waals surface area contributed by atoms with Gasteiger partial charge in [0.05, 0.1) is 0 Å². The van der Waals surface area contributed by atoms with Crippen LogP contribution in [-0.4, -0.2) is 30.4 Å². The first-order valence-electron chi connectivity index (χ1n) is 5.71. The van der Waals surface area contributed by atoms with Gasteiger partial charge in [-0.1, -0.05) is 5.92 Å². The number of alkyl carbamates (subject to hydrolysis) is 1. The first-order chi connectivity index (χ1) is 7.90. The Morgan fingerprint density at radius 1 is 1.41 bits per heavy atom. The van der Waals surface area contributed by atoms with Gasteiger partial charge in [0.25, 0.3) is 0 Å². The maximum Gasteiger partial charge on any atom is 0.407 e. The second-order valence-electron chi connectivity index (χ2n) is 5.12. The Morgan fingerprint density at radius 2 is 2.06 bits per heavy atom. The molecule has 1 fully saturated rings. The number of nitrogens with one attached hydrogen (secondary N) is 2. The molecule has 0 unspecified atom stereocenters. The lowest BCUT2D eigenvalue weighted by Gasteiger charge is -2.35. The fraction of sp³-hybridized carbons (Fsp3) is 0.750. The molecule has 1 aliphatic carbocycles. The number of amides is 1. The van der Waals surface area contributed by atoms with Crippen molar-refractivity contribution in [3.05, 3.63) is 0 Å². The zero-order chi connectivity index (χ0) is 12.9. The molecule has 0 spiro atoms. The minimum atomic E-state index is -0.457. The Balaban J connectivity index is 2.09. The molecule has 0 radical (unpaired) electrons. The van der Waals surface area contributed by atoms with Crippen LogP contribution in [0.2, 0.25) is 0 Å². The monoisotopic (exact) mass is 240 g/mol. The third-order valence-corrected chi connectivity index (χ3v) is 2.26. The molecule has 0 atom stereocenters. The van der Waals surface area contributed by atoms with Crippen molar-refractivity contribution in [2.45, 2.75) is 51.3 Å². The molecule has 0 aromatic carbocycles. The fourth-order valence-corrected chi connectivity index (χ4v) is 1.51. The Labute approximate surface area is 102 Å². The zero-order valence-electron chi connectivity index (χ0n) is 10.6. The summed E-state index contributed by atoms with van der Waals surface area (Å²) in [7, 11) is 0. The van der Waals surface area contributed by atoms with Crippen LogP contribution in [0.3, 0.4) is 0 Å². The summed E-state index contributed by atoms with van der Waals surface area (Å²) in [6.45, 7) is 5.77. The Hall–Kier alpha value is -1.25. The van der Waals surface area contributed by atoms with Crippen LogP contribution in [0.5, 0.6) is 0 Å². The van der Waals surface area contributed by atoms with Crippen molar-refractivity contribution in [1.82, 2.24) is 10.8 Å². The molecular formula is C12H20N2O3. The highest BCUT2D eigenvalue weighted by atomic mass is 16.6. The van der Waals surface area contributed by atoms with E-state index in [0.717, 1.165) is 12.8 Å². The number of carbonyl (C=O) groups excluding carboxylic acids is 1. The molecule has 1 amide bonds. The standard InChI is InChI=1S/C12H20N2O3/c1-5-6-16-14-10-7-9(8-10)13-11(15)17-12(2,3)4/h1,9-10,14H,6-8H2,2-4H3,(H,13,15). The number of hydrogen-bond donors (Lipinski definition) is 2. The molecule has 0 aliphatic heterocycles. The Bertz CT molecular complexity index is 298. The van der Waals surface area contributed by atoms with Crippen LogP contribution < -0.4 is 10.8 Å². The van der Waals surface area contributed by atoms with Crippen molar-refractivity contribution in [1.29, 1.82) is 0 Å². The highest BCUT2D eigenvalue weighted by molar-refractivity contribution is 5.68. The summed E-state index contributed by atoms with van der Waals surface area (Å²) < 4.78 is 5.15. The number of hydrogen-bond acceptors (Lipinski definition) is 4. The van der Waals surface area contributed by atoms with Gasteiger partial charge in [-0.2, -0.15) is 5.48 Å². The first-order valence-corrected chi connectivity index (χ1v) is 5.71. The maximum absolute atomic E-state index is 11.4. The van der Waals surface area contributed by atoms with Crippen molar-refractivity contribution in [3.8, 4) is 12.3 Å². The van der Waals surface area contributed by atoms with Crippen LogP contribution in [0, 0.1) is 12.3 Å². The summed E-state index contributed by atoms with van der Waals surface area (Å²) >= 11 is 0. The maximum atomic E-state index is 11.4. The number of ether oxygens (including phenoxy) is 1. The van der Waals surface area contributed by atoms with E-state index in [9.17, 15) is 4.79 Å². The predicted octanol–water partition coefficient (Wildman–Crippen LogP) is 1.20. The van der Waals surface area contributed by atoms with Gasteiger partial charge in [-0.15, -0.1) is 6.42 Å². The average molecular weight is 240 g/mol.